The van der Waals surface area contributed by atoms with E-state index in [0.717, 1.165) is 22.6 Å². The topological polar surface area (TPSA) is 63.6 Å². The fraction of sp³-hybridized carbons (Fsp3) is 0.211. The molecule has 0 atom stereocenters. The lowest BCUT2D eigenvalue weighted by molar-refractivity contribution is -0.128. The number of halogens is 1. The highest BCUT2D eigenvalue weighted by atomic mass is 35.5. The van der Waals surface area contributed by atoms with Crippen molar-refractivity contribution >= 4 is 46.8 Å². The van der Waals surface area contributed by atoms with E-state index in [1.165, 1.54) is 11.9 Å². The largest absolute Gasteiger partial charge is 0.495 e. The molecular formula is C19H18ClN3O3S. The Bertz CT molecular complexity index is 1010. The fourth-order valence-corrected chi connectivity index (χ4v) is 3.39. The molecule has 0 aliphatic carbocycles. The zero-order chi connectivity index (χ0) is 19.9. The van der Waals surface area contributed by atoms with E-state index in [0.29, 0.717) is 10.8 Å². The van der Waals surface area contributed by atoms with E-state index in [1.807, 2.05) is 30.5 Å². The molecule has 0 radical (unpaired) electrons. The molecule has 0 bridgehead atoms. The average Bonchev–Trinajstić information content (AvgIpc) is 2.90. The van der Waals surface area contributed by atoms with Gasteiger partial charge in [-0.05, 0) is 62.0 Å². The third-order valence-corrected chi connectivity index (χ3v) is 5.07. The minimum Gasteiger partial charge on any atom is -0.495 e. The Balaban J connectivity index is 2.13. The first-order valence-corrected chi connectivity index (χ1v) is 8.91. The number of aryl methyl sites for hydroxylation is 1. The van der Waals surface area contributed by atoms with Gasteiger partial charge in [0.25, 0.3) is 11.8 Å². The second kappa shape index (κ2) is 7.17. The zero-order valence-corrected chi connectivity index (χ0v) is 16.9. The molecule has 1 aliphatic heterocycles. The maximum absolute atomic E-state index is 12.4. The van der Waals surface area contributed by atoms with Gasteiger partial charge in [-0.15, -0.1) is 0 Å². The highest BCUT2D eigenvalue weighted by Gasteiger charge is 2.31. The molecule has 1 saturated heterocycles. The van der Waals surface area contributed by atoms with Crippen molar-refractivity contribution in [1.29, 1.82) is 0 Å². The van der Waals surface area contributed by atoms with Gasteiger partial charge in [0.2, 0.25) is 0 Å². The molecule has 0 saturated carbocycles. The van der Waals surface area contributed by atoms with Crippen LogP contribution < -0.4 is 10.1 Å². The van der Waals surface area contributed by atoms with Gasteiger partial charge in [0.15, 0.2) is 5.11 Å². The molecule has 2 amide bonds. The molecule has 27 heavy (non-hydrogen) atoms. The number of hydrogen-bond donors (Lipinski definition) is 1. The van der Waals surface area contributed by atoms with Gasteiger partial charge in [0, 0.05) is 23.5 Å². The number of nitrogens with one attached hydrogen (secondary N) is 1. The van der Waals surface area contributed by atoms with Crippen molar-refractivity contribution in [2.45, 2.75) is 13.8 Å². The number of thiocarbonyl (C=S) groups is 1. The molecular weight excluding hydrogens is 386 g/mol. The van der Waals surface area contributed by atoms with Crippen molar-refractivity contribution in [1.82, 2.24) is 14.8 Å². The molecule has 3 rings (SSSR count). The summed E-state index contributed by atoms with van der Waals surface area (Å²) in [5.41, 5.74) is 3.31. The fourth-order valence-electron chi connectivity index (χ4n) is 3.04. The highest BCUT2D eigenvalue weighted by molar-refractivity contribution is 7.80. The number of methoxy groups -OCH3 is 1. The van der Waals surface area contributed by atoms with E-state index < -0.39 is 11.8 Å². The number of ether oxygens (including phenoxy) is 1. The molecule has 6 nitrogen and oxygen atoms in total. The summed E-state index contributed by atoms with van der Waals surface area (Å²) in [7, 11) is 3.12. The Morgan fingerprint density at radius 1 is 1.22 bits per heavy atom. The van der Waals surface area contributed by atoms with Crippen LogP contribution in [-0.2, 0) is 9.59 Å². The Morgan fingerprint density at radius 2 is 1.93 bits per heavy atom. The van der Waals surface area contributed by atoms with Crippen molar-refractivity contribution < 1.29 is 14.3 Å². The van der Waals surface area contributed by atoms with Gasteiger partial charge in [0.05, 0.1) is 12.8 Å². The molecule has 1 aliphatic rings. The first kappa shape index (κ1) is 19.1. The van der Waals surface area contributed by atoms with Crippen LogP contribution in [0.2, 0.25) is 5.02 Å². The van der Waals surface area contributed by atoms with Crippen molar-refractivity contribution in [2.75, 3.05) is 14.2 Å². The van der Waals surface area contributed by atoms with Crippen LogP contribution in [0.15, 0.2) is 29.8 Å². The maximum atomic E-state index is 12.4. The van der Waals surface area contributed by atoms with E-state index in [1.54, 1.807) is 25.3 Å². The number of amides is 2. The van der Waals surface area contributed by atoms with E-state index in [2.05, 4.69) is 5.32 Å². The summed E-state index contributed by atoms with van der Waals surface area (Å²) in [5.74, 6) is -0.279. The lowest BCUT2D eigenvalue weighted by atomic mass is 10.1. The minimum absolute atomic E-state index is 0.0319. The van der Waals surface area contributed by atoms with Gasteiger partial charge in [-0.25, -0.2) is 0 Å². The monoisotopic (exact) mass is 403 g/mol. The van der Waals surface area contributed by atoms with Crippen molar-refractivity contribution in [2.24, 2.45) is 0 Å². The van der Waals surface area contributed by atoms with Crippen LogP contribution in [-0.4, -0.2) is 40.6 Å². The van der Waals surface area contributed by atoms with Gasteiger partial charge in [0.1, 0.15) is 11.3 Å². The summed E-state index contributed by atoms with van der Waals surface area (Å²) < 4.78 is 7.42. The molecule has 2 heterocycles. The van der Waals surface area contributed by atoms with Gasteiger partial charge < -0.3 is 9.30 Å². The summed E-state index contributed by atoms with van der Waals surface area (Å²) in [4.78, 5) is 25.9. The molecule has 1 aromatic carbocycles. The second-order valence-corrected chi connectivity index (χ2v) is 6.98. The highest BCUT2D eigenvalue weighted by Crippen LogP contribution is 2.31. The smallest absolute Gasteiger partial charge is 0.265 e. The molecule has 1 N–H and O–H groups in total. The Labute approximate surface area is 167 Å². The first-order valence-electron chi connectivity index (χ1n) is 8.12. The predicted molar refractivity (Wildman–Crippen MR) is 108 cm³/mol. The molecule has 0 spiro atoms. The standard InChI is InChI=1S/C19H18ClN3O3S/c1-10-7-12(8-14-17(24)21-19(27)22(3)18(14)25)11(2)23(10)15-9-13(20)5-6-16(15)26-4/h5-9H,1-4H3,(H,21,24,27). The van der Waals surface area contributed by atoms with Crippen molar-refractivity contribution in [3.63, 3.8) is 0 Å². The SMILES string of the molecule is COc1ccc(Cl)cc1-n1c(C)cc(C=C2C(=O)NC(=S)N(C)C2=O)c1C. The van der Waals surface area contributed by atoms with E-state index >= 15 is 0 Å². The number of carbonyl (C=O) groups is 2. The normalized spacial score (nSPS) is 16.1. The van der Waals surface area contributed by atoms with Gasteiger partial charge in [-0.2, -0.15) is 0 Å². The van der Waals surface area contributed by atoms with Crippen LogP contribution in [0.5, 0.6) is 5.75 Å². The van der Waals surface area contributed by atoms with E-state index in [9.17, 15) is 9.59 Å². The summed E-state index contributed by atoms with van der Waals surface area (Å²) in [6, 6.07) is 7.26. The third kappa shape index (κ3) is 3.36. The maximum Gasteiger partial charge on any atom is 0.265 e. The number of benzene rings is 1. The zero-order valence-electron chi connectivity index (χ0n) is 15.3. The summed E-state index contributed by atoms with van der Waals surface area (Å²) in [6.07, 6.45) is 1.58. The number of hydrogen-bond acceptors (Lipinski definition) is 4. The van der Waals surface area contributed by atoms with Gasteiger partial charge in [-0.1, -0.05) is 11.6 Å². The Kier molecular flexibility index (Phi) is 5.08. The van der Waals surface area contributed by atoms with Crippen LogP contribution in [0, 0.1) is 13.8 Å². The second-order valence-electron chi connectivity index (χ2n) is 6.16. The van der Waals surface area contributed by atoms with E-state index in [-0.39, 0.29) is 10.7 Å². The summed E-state index contributed by atoms with van der Waals surface area (Å²) in [6.45, 7) is 3.83. The number of likely N-dealkylation sites (N-methyl/N-ethyl adjacent to an activating group) is 1. The van der Waals surface area contributed by atoms with Crippen LogP contribution in [0.3, 0.4) is 0 Å². The number of aromatic nitrogens is 1. The van der Waals surface area contributed by atoms with E-state index in [4.69, 9.17) is 28.6 Å². The Hall–Kier alpha value is -2.64. The van der Waals surface area contributed by atoms with Crippen LogP contribution >= 0.6 is 23.8 Å². The molecule has 2 aromatic rings. The lowest BCUT2D eigenvalue weighted by Crippen LogP contribution is -2.52. The van der Waals surface area contributed by atoms with Crippen LogP contribution in [0.1, 0.15) is 17.0 Å². The number of rotatable bonds is 3. The van der Waals surface area contributed by atoms with Crippen LogP contribution in [0.4, 0.5) is 0 Å². The Morgan fingerprint density at radius 3 is 2.59 bits per heavy atom. The average molecular weight is 404 g/mol. The predicted octanol–water partition coefficient (Wildman–Crippen LogP) is 3.01. The number of nitrogens with zero attached hydrogens (tertiary/aromatic N) is 2. The lowest BCUT2D eigenvalue weighted by Gasteiger charge is -2.25. The summed E-state index contributed by atoms with van der Waals surface area (Å²) >= 11 is 11.1. The van der Waals surface area contributed by atoms with Crippen molar-refractivity contribution in [3.05, 3.63) is 51.8 Å². The van der Waals surface area contributed by atoms with Gasteiger partial charge >= 0.3 is 0 Å². The summed E-state index contributed by atoms with van der Waals surface area (Å²) in [5, 5.41) is 3.19. The molecule has 1 aromatic heterocycles. The minimum atomic E-state index is -0.506. The van der Waals surface area contributed by atoms with Gasteiger partial charge in [-0.3, -0.25) is 19.8 Å². The molecule has 1 fully saturated rings. The first-order chi connectivity index (χ1) is 12.7. The molecule has 140 valence electrons. The molecule has 0 unspecified atom stereocenters. The number of carbonyl (C=O) groups excluding carboxylic acids is 2. The quantitative estimate of drug-likeness (QED) is 0.486. The third-order valence-electron chi connectivity index (χ3n) is 4.46. The van der Waals surface area contributed by atoms with Crippen molar-refractivity contribution in [3.8, 4) is 11.4 Å². The molecule has 8 heteroatoms. The van der Waals surface area contributed by atoms with Crippen LogP contribution in [0.25, 0.3) is 11.8 Å².